The first-order valence-corrected chi connectivity index (χ1v) is 14.4. The number of nitrogens with zero attached hydrogens (tertiary/aromatic N) is 3. The lowest BCUT2D eigenvalue weighted by molar-refractivity contribution is -0.148. The van der Waals surface area contributed by atoms with Crippen molar-refractivity contribution in [2.24, 2.45) is 17.6 Å². The summed E-state index contributed by atoms with van der Waals surface area (Å²) in [5.41, 5.74) is 4.91. The SMILES string of the molecule is COc1ccc(C=Cc2nc3cc(N(C)C)c4c(c3o2)C(=O)C2=C(O)[C@]3(O)C(=O)C(C(N)=O)=C(O)[C@@H](N(C)C)[C@@H]3C[C@@H]2C4)cc1. The zero-order valence-corrected chi connectivity index (χ0v) is 25.5. The van der Waals surface area contributed by atoms with Crippen LogP contribution in [-0.2, 0) is 16.0 Å². The summed E-state index contributed by atoms with van der Waals surface area (Å²) in [6.07, 6.45) is 3.82. The standard InChI is InChI=1S/C33H34N4O8/c1-36(2)21-14-20-29(45-22(35-20)11-8-15-6-9-17(44-5)10-7-15)24-18(21)12-16-13-19-26(37(3)4)28(39)25(32(34)42)31(41)33(19,43)30(40)23(16)27(24)38/h6-11,14,16,19,26,39-40,43H,12-13H2,1-5H3,(H2,34,42)/t16-,19-,26-,33-/m0/s1. The number of rotatable bonds is 6. The minimum atomic E-state index is -2.66. The van der Waals surface area contributed by atoms with E-state index in [0.29, 0.717) is 11.1 Å². The number of hydrogen-bond acceptors (Lipinski definition) is 11. The average molecular weight is 615 g/mol. The summed E-state index contributed by atoms with van der Waals surface area (Å²) in [6.45, 7) is 0. The number of ketones is 2. The summed E-state index contributed by atoms with van der Waals surface area (Å²) in [5.74, 6) is -5.23. The third kappa shape index (κ3) is 4.43. The third-order valence-electron chi connectivity index (χ3n) is 9.11. The van der Waals surface area contributed by atoms with Gasteiger partial charge < -0.3 is 35.1 Å². The Bertz CT molecular complexity index is 1870. The van der Waals surface area contributed by atoms with Crippen molar-refractivity contribution in [1.29, 1.82) is 0 Å². The number of benzene rings is 2. The highest BCUT2D eigenvalue weighted by Crippen LogP contribution is 2.53. The van der Waals surface area contributed by atoms with E-state index in [2.05, 4.69) is 4.98 Å². The molecule has 0 saturated heterocycles. The number of primary amides is 1. The fraction of sp³-hybridized carbons (Fsp3) is 0.333. The molecule has 3 aromatic rings. The molecule has 6 rings (SSSR count). The minimum Gasteiger partial charge on any atom is -0.510 e. The third-order valence-corrected chi connectivity index (χ3v) is 9.11. The van der Waals surface area contributed by atoms with Gasteiger partial charge in [-0.3, -0.25) is 19.3 Å². The van der Waals surface area contributed by atoms with E-state index in [1.54, 1.807) is 32.2 Å². The Morgan fingerprint density at radius 3 is 2.42 bits per heavy atom. The lowest BCUT2D eigenvalue weighted by Gasteiger charge is -2.50. The van der Waals surface area contributed by atoms with E-state index in [4.69, 9.17) is 14.9 Å². The Balaban J connectivity index is 1.50. The van der Waals surface area contributed by atoms with Crippen LogP contribution in [0, 0.1) is 11.8 Å². The van der Waals surface area contributed by atoms with E-state index in [-0.39, 0.29) is 35.5 Å². The normalized spacial score (nSPS) is 24.7. The highest BCUT2D eigenvalue weighted by molar-refractivity contribution is 6.25. The molecular formula is C33H34N4O8. The summed E-state index contributed by atoms with van der Waals surface area (Å²) in [6, 6.07) is 8.20. The fourth-order valence-corrected chi connectivity index (χ4v) is 7.06. The van der Waals surface area contributed by atoms with E-state index in [0.717, 1.165) is 17.0 Å². The van der Waals surface area contributed by atoms with Crippen molar-refractivity contribution in [1.82, 2.24) is 9.88 Å². The summed E-state index contributed by atoms with van der Waals surface area (Å²) >= 11 is 0. The highest BCUT2D eigenvalue weighted by Gasteiger charge is 2.63. The van der Waals surface area contributed by atoms with Crippen molar-refractivity contribution in [3.8, 4) is 5.75 Å². The fourth-order valence-electron chi connectivity index (χ4n) is 7.06. The molecule has 0 bridgehead atoms. The van der Waals surface area contributed by atoms with Crippen LogP contribution in [0.25, 0.3) is 23.3 Å². The number of oxazole rings is 1. The predicted molar refractivity (Wildman–Crippen MR) is 166 cm³/mol. The number of allylic oxidation sites excluding steroid dienone is 1. The van der Waals surface area contributed by atoms with Gasteiger partial charge in [-0.2, -0.15) is 0 Å². The van der Waals surface area contributed by atoms with Crippen molar-refractivity contribution in [3.05, 3.63) is 75.6 Å². The average Bonchev–Trinajstić information content (AvgIpc) is 3.40. The zero-order valence-electron chi connectivity index (χ0n) is 25.5. The molecule has 3 aliphatic rings. The quantitative estimate of drug-likeness (QED) is 0.300. The van der Waals surface area contributed by atoms with Crippen LogP contribution < -0.4 is 15.4 Å². The Hall–Kier alpha value is -4.94. The van der Waals surface area contributed by atoms with E-state index in [9.17, 15) is 29.7 Å². The number of fused-ring (bicyclic) bond motifs is 5. The second-order valence-corrected chi connectivity index (χ2v) is 12.1. The minimum absolute atomic E-state index is 0.0585. The zero-order chi connectivity index (χ0) is 32.5. The molecule has 0 spiro atoms. The van der Waals surface area contributed by atoms with E-state index < -0.39 is 58.0 Å². The first kappa shape index (κ1) is 30.1. The van der Waals surface area contributed by atoms with Crippen molar-refractivity contribution in [2.45, 2.75) is 24.5 Å². The molecule has 0 radical (unpaired) electrons. The predicted octanol–water partition coefficient (Wildman–Crippen LogP) is 2.80. The summed E-state index contributed by atoms with van der Waals surface area (Å²) in [7, 11) is 8.49. The molecule has 12 nitrogen and oxygen atoms in total. The van der Waals surface area contributed by atoms with Crippen LogP contribution >= 0.6 is 0 Å². The number of ether oxygens (including phenoxy) is 1. The number of anilines is 1. The number of carbonyl (C=O) groups is 3. The molecule has 0 unspecified atom stereocenters. The van der Waals surface area contributed by atoms with Gasteiger partial charge in [0.05, 0.1) is 18.7 Å². The maximum Gasteiger partial charge on any atom is 0.255 e. The number of methoxy groups -OCH3 is 1. The molecule has 1 heterocycles. The van der Waals surface area contributed by atoms with Crippen LogP contribution in [0.15, 0.2) is 57.4 Å². The van der Waals surface area contributed by atoms with Gasteiger partial charge in [-0.05, 0) is 68.3 Å². The molecule has 0 saturated carbocycles. The van der Waals surface area contributed by atoms with Gasteiger partial charge in [0.15, 0.2) is 17.0 Å². The molecule has 1 aromatic heterocycles. The Morgan fingerprint density at radius 1 is 1.13 bits per heavy atom. The van der Waals surface area contributed by atoms with Crippen LogP contribution in [0.2, 0.25) is 0 Å². The van der Waals surface area contributed by atoms with Crippen molar-refractivity contribution < 1.29 is 38.9 Å². The second kappa shape index (κ2) is 10.6. The van der Waals surface area contributed by atoms with E-state index in [1.807, 2.05) is 55.4 Å². The van der Waals surface area contributed by atoms with E-state index in [1.165, 1.54) is 0 Å². The smallest absolute Gasteiger partial charge is 0.255 e. The molecule has 12 heteroatoms. The first-order chi connectivity index (χ1) is 21.3. The van der Waals surface area contributed by atoms with Gasteiger partial charge in [-0.25, -0.2) is 4.98 Å². The van der Waals surface area contributed by atoms with Crippen molar-refractivity contribution in [2.75, 3.05) is 40.2 Å². The molecule has 2 aromatic carbocycles. The van der Waals surface area contributed by atoms with Crippen LogP contribution in [-0.4, -0.2) is 89.6 Å². The molecule has 1 amide bonds. The number of nitrogens with two attached hydrogens (primary N) is 1. The van der Waals surface area contributed by atoms with Crippen LogP contribution in [0.5, 0.6) is 5.75 Å². The maximum absolute atomic E-state index is 14.4. The Labute approximate surface area is 258 Å². The van der Waals surface area contributed by atoms with Gasteiger partial charge in [0.1, 0.15) is 28.4 Å². The van der Waals surface area contributed by atoms with Crippen LogP contribution in [0.1, 0.15) is 33.8 Å². The topological polar surface area (TPSA) is 180 Å². The summed E-state index contributed by atoms with van der Waals surface area (Å²) in [4.78, 5) is 48.2. The summed E-state index contributed by atoms with van der Waals surface area (Å²) < 4.78 is 11.3. The van der Waals surface area contributed by atoms with Gasteiger partial charge in [0.2, 0.25) is 11.7 Å². The molecule has 3 aliphatic carbocycles. The second-order valence-electron chi connectivity index (χ2n) is 12.1. The molecule has 5 N–H and O–H groups in total. The van der Waals surface area contributed by atoms with Gasteiger partial charge in [0.25, 0.3) is 5.91 Å². The number of likely N-dealkylation sites (N-methyl/N-ethyl adjacent to an activating group) is 1. The number of amides is 1. The van der Waals surface area contributed by atoms with E-state index >= 15 is 0 Å². The number of hydrogen-bond donors (Lipinski definition) is 4. The van der Waals surface area contributed by atoms with Gasteiger partial charge >= 0.3 is 0 Å². The monoisotopic (exact) mass is 614 g/mol. The van der Waals surface area contributed by atoms with Crippen LogP contribution in [0.4, 0.5) is 5.69 Å². The number of aromatic nitrogens is 1. The maximum atomic E-state index is 14.4. The molecular weight excluding hydrogens is 580 g/mol. The molecule has 4 atom stereocenters. The molecule has 0 aliphatic heterocycles. The lowest BCUT2D eigenvalue weighted by Crippen LogP contribution is -2.63. The Morgan fingerprint density at radius 2 is 1.82 bits per heavy atom. The first-order valence-electron chi connectivity index (χ1n) is 14.4. The Kier molecular flexibility index (Phi) is 7.09. The number of aliphatic hydroxyl groups is 3. The molecule has 234 valence electrons. The summed E-state index contributed by atoms with van der Waals surface area (Å²) in [5, 5.41) is 34.5. The lowest BCUT2D eigenvalue weighted by atomic mass is 9.58. The largest absolute Gasteiger partial charge is 0.510 e. The number of Topliss-reactive ketones (excluding diaryl/α,β-unsaturated/α-hetero) is 2. The van der Waals surface area contributed by atoms with Crippen molar-refractivity contribution >= 4 is 46.4 Å². The number of carbonyl (C=O) groups excluding carboxylic acids is 3. The van der Waals surface area contributed by atoms with Crippen LogP contribution in [0.3, 0.4) is 0 Å². The molecule has 0 fully saturated rings. The number of aliphatic hydroxyl groups excluding tert-OH is 2. The van der Waals surface area contributed by atoms with Gasteiger partial charge in [-0.1, -0.05) is 12.1 Å². The van der Waals surface area contributed by atoms with Gasteiger partial charge in [-0.15, -0.1) is 0 Å². The highest BCUT2D eigenvalue weighted by atomic mass is 16.5. The van der Waals surface area contributed by atoms with Gasteiger partial charge in [0, 0.05) is 37.3 Å². The molecule has 45 heavy (non-hydrogen) atoms. The van der Waals surface area contributed by atoms with Crippen molar-refractivity contribution in [3.63, 3.8) is 0 Å².